The fraction of sp³-hybridized carbons (Fsp3) is 0.455. The van der Waals surface area contributed by atoms with Crippen LogP contribution in [0.15, 0.2) is 24.3 Å². The van der Waals surface area contributed by atoms with Gasteiger partial charge in [-0.15, -0.1) is 0 Å². The Morgan fingerprint density at radius 3 is 3.00 bits per heavy atom. The molecule has 0 saturated carbocycles. The van der Waals surface area contributed by atoms with Gasteiger partial charge in [-0.2, -0.15) is 0 Å². The lowest BCUT2D eigenvalue weighted by molar-refractivity contribution is -0.0197. The first-order chi connectivity index (χ1) is 6.23. The first-order valence-corrected chi connectivity index (χ1v) is 4.67. The van der Waals surface area contributed by atoms with Gasteiger partial charge in [0, 0.05) is 6.42 Å². The molecule has 0 spiro atoms. The number of para-hydroxylation sites is 1. The van der Waals surface area contributed by atoms with Crippen molar-refractivity contribution in [3.63, 3.8) is 0 Å². The van der Waals surface area contributed by atoms with Gasteiger partial charge in [0.05, 0.1) is 0 Å². The number of hydrogen-bond acceptors (Lipinski definition) is 2. The molecule has 1 aromatic carbocycles. The average Bonchev–Trinajstić information content (AvgIpc) is 2.18. The fourth-order valence-corrected chi connectivity index (χ4v) is 1.64. The average molecular weight is 178 g/mol. The van der Waals surface area contributed by atoms with Gasteiger partial charge in [-0.05, 0) is 18.1 Å². The van der Waals surface area contributed by atoms with Crippen LogP contribution in [0, 0.1) is 0 Å². The summed E-state index contributed by atoms with van der Waals surface area (Å²) in [5, 5.41) is 10.0. The van der Waals surface area contributed by atoms with Crippen LogP contribution in [0.25, 0.3) is 0 Å². The zero-order valence-corrected chi connectivity index (χ0v) is 7.79. The molecule has 0 saturated heterocycles. The zero-order chi connectivity index (χ0) is 9.31. The van der Waals surface area contributed by atoms with Gasteiger partial charge in [0.1, 0.15) is 18.0 Å². The fourth-order valence-electron chi connectivity index (χ4n) is 1.64. The molecule has 1 aliphatic heterocycles. The minimum absolute atomic E-state index is 0.417. The molecule has 0 radical (unpaired) electrons. The smallest absolute Gasteiger partial charge is 0.122 e. The van der Waals surface area contributed by atoms with Crippen molar-refractivity contribution in [2.45, 2.75) is 25.4 Å². The van der Waals surface area contributed by atoms with Crippen molar-refractivity contribution in [1.29, 1.82) is 0 Å². The molecule has 0 aliphatic carbocycles. The van der Waals surface area contributed by atoms with Gasteiger partial charge in [-0.1, -0.05) is 25.1 Å². The zero-order valence-electron chi connectivity index (χ0n) is 7.79. The second kappa shape index (κ2) is 3.04. The second-order valence-electron chi connectivity index (χ2n) is 3.65. The molecule has 1 heterocycles. The van der Waals surface area contributed by atoms with Crippen molar-refractivity contribution < 1.29 is 9.84 Å². The highest BCUT2D eigenvalue weighted by atomic mass is 16.5. The van der Waals surface area contributed by atoms with E-state index in [-0.39, 0.29) is 0 Å². The van der Waals surface area contributed by atoms with Gasteiger partial charge in [0.25, 0.3) is 0 Å². The van der Waals surface area contributed by atoms with Crippen molar-refractivity contribution in [3.8, 4) is 5.75 Å². The van der Waals surface area contributed by atoms with Crippen molar-refractivity contribution in [1.82, 2.24) is 0 Å². The topological polar surface area (TPSA) is 29.5 Å². The van der Waals surface area contributed by atoms with Crippen molar-refractivity contribution in [2.24, 2.45) is 0 Å². The molecule has 0 aromatic heterocycles. The molecule has 0 bridgehead atoms. The molecule has 1 atom stereocenters. The van der Waals surface area contributed by atoms with E-state index in [1.807, 2.05) is 31.2 Å². The molecular formula is C11H14O2. The molecule has 2 rings (SSSR count). The summed E-state index contributed by atoms with van der Waals surface area (Å²) in [5.41, 5.74) is 0.451. The quantitative estimate of drug-likeness (QED) is 0.710. The standard InChI is InChI=1S/C11H14O2/c1-2-11(12)7-9-5-3-4-6-10(9)13-8-11/h3-6,12H,2,7-8H2,1H3. The molecule has 70 valence electrons. The van der Waals surface area contributed by atoms with E-state index in [9.17, 15) is 5.11 Å². The van der Waals surface area contributed by atoms with Crippen LogP contribution in [0.1, 0.15) is 18.9 Å². The summed E-state index contributed by atoms with van der Waals surface area (Å²) >= 11 is 0. The molecule has 1 unspecified atom stereocenters. The molecule has 2 heteroatoms. The van der Waals surface area contributed by atoms with Gasteiger partial charge in [0.2, 0.25) is 0 Å². The van der Waals surface area contributed by atoms with E-state index < -0.39 is 5.60 Å². The molecule has 1 N–H and O–H groups in total. The highest BCUT2D eigenvalue weighted by molar-refractivity contribution is 5.36. The van der Waals surface area contributed by atoms with E-state index in [1.165, 1.54) is 0 Å². The lowest BCUT2D eigenvalue weighted by Gasteiger charge is -2.32. The van der Waals surface area contributed by atoms with Gasteiger partial charge < -0.3 is 9.84 Å². The van der Waals surface area contributed by atoms with E-state index in [0.717, 1.165) is 17.7 Å². The van der Waals surface area contributed by atoms with Crippen molar-refractivity contribution >= 4 is 0 Å². The van der Waals surface area contributed by atoms with Crippen molar-refractivity contribution in [2.75, 3.05) is 6.61 Å². The van der Waals surface area contributed by atoms with Crippen LogP contribution < -0.4 is 4.74 Å². The van der Waals surface area contributed by atoms with E-state index in [2.05, 4.69) is 0 Å². The predicted molar refractivity (Wildman–Crippen MR) is 50.9 cm³/mol. The third kappa shape index (κ3) is 1.54. The van der Waals surface area contributed by atoms with Crippen LogP contribution in [0.4, 0.5) is 0 Å². The van der Waals surface area contributed by atoms with Crippen LogP contribution >= 0.6 is 0 Å². The molecule has 1 aromatic rings. The van der Waals surface area contributed by atoms with Crippen LogP contribution in [0.3, 0.4) is 0 Å². The summed E-state index contributed by atoms with van der Waals surface area (Å²) < 4.78 is 5.48. The summed E-state index contributed by atoms with van der Waals surface area (Å²) in [6.07, 6.45) is 1.45. The Hall–Kier alpha value is -1.02. The summed E-state index contributed by atoms with van der Waals surface area (Å²) in [6, 6.07) is 7.89. The van der Waals surface area contributed by atoms with Gasteiger partial charge in [0.15, 0.2) is 0 Å². The highest BCUT2D eigenvalue weighted by Crippen LogP contribution is 2.30. The van der Waals surface area contributed by atoms with Crippen LogP contribution in [0.2, 0.25) is 0 Å². The third-order valence-electron chi connectivity index (χ3n) is 2.65. The Morgan fingerprint density at radius 1 is 1.46 bits per heavy atom. The minimum atomic E-state index is -0.658. The number of benzene rings is 1. The molecule has 13 heavy (non-hydrogen) atoms. The molecule has 0 amide bonds. The second-order valence-corrected chi connectivity index (χ2v) is 3.65. The monoisotopic (exact) mass is 178 g/mol. The van der Waals surface area contributed by atoms with E-state index in [0.29, 0.717) is 13.0 Å². The Bertz CT molecular complexity index is 309. The lowest BCUT2D eigenvalue weighted by Crippen LogP contribution is -2.40. The highest BCUT2D eigenvalue weighted by Gasteiger charge is 2.31. The molecular weight excluding hydrogens is 164 g/mol. The first kappa shape index (κ1) is 8.57. The maximum absolute atomic E-state index is 10.0. The van der Waals surface area contributed by atoms with Gasteiger partial charge in [-0.25, -0.2) is 0 Å². The Morgan fingerprint density at radius 2 is 2.23 bits per heavy atom. The molecule has 0 fully saturated rings. The number of fused-ring (bicyclic) bond motifs is 1. The normalized spacial score (nSPS) is 26.3. The lowest BCUT2D eigenvalue weighted by atomic mass is 9.90. The maximum atomic E-state index is 10.0. The Labute approximate surface area is 78.2 Å². The molecule has 1 aliphatic rings. The summed E-state index contributed by atoms with van der Waals surface area (Å²) in [7, 11) is 0. The summed E-state index contributed by atoms with van der Waals surface area (Å²) in [6.45, 7) is 2.40. The van der Waals surface area contributed by atoms with Gasteiger partial charge >= 0.3 is 0 Å². The van der Waals surface area contributed by atoms with Crippen molar-refractivity contribution in [3.05, 3.63) is 29.8 Å². The maximum Gasteiger partial charge on any atom is 0.122 e. The van der Waals surface area contributed by atoms with Crippen LogP contribution in [-0.2, 0) is 6.42 Å². The third-order valence-corrected chi connectivity index (χ3v) is 2.65. The van der Waals surface area contributed by atoms with Crippen LogP contribution in [0.5, 0.6) is 5.75 Å². The largest absolute Gasteiger partial charge is 0.490 e. The SMILES string of the molecule is CCC1(O)COc2ccccc2C1. The van der Waals surface area contributed by atoms with Crippen LogP contribution in [-0.4, -0.2) is 17.3 Å². The number of hydrogen-bond donors (Lipinski definition) is 1. The predicted octanol–water partition coefficient (Wildman–Crippen LogP) is 1.76. The van der Waals surface area contributed by atoms with E-state index in [4.69, 9.17) is 4.74 Å². The Balaban J connectivity index is 2.29. The first-order valence-electron chi connectivity index (χ1n) is 4.67. The summed E-state index contributed by atoms with van der Waals surface area (Å²) in [4.78, 5) is 0. The number of aliphatic hydroxyl groups is 1. The summed E-state index contributed by atoms with van der Waals surface area (Å²) in [5.74, 6) is 0.917. The number of ether oxygens (including phenoxy) is 1. The van der Waals surface area contributed by atoms with Gasteiger partial charge in [-0.3, -0.25) is 0 Å². The Kier molecular flexibility index (Phi) is 2.00. The number of rotatable bonds is 1. The molecule has 2 nitrogen and oxygen atoms in total. The van der Waals surface area contributed by atoms with E-state index in [1.54, 1.807) is 0 Å². The minimum Gasteiger partial charge on any atom is -0.490 e. The van der Waals surface area contributed by atoms with E-state index >= 15 is 0 Å².